The van der Waals surface area contributed by atoms with Crippen LogP contribution in [0.4, 0.5) is 0 Å². The number of aliphatic hydroxyl groups excluding tert-OH is 1. The Bertz CT molecular complexity index is 143. The van der Waals surface area contributed by atoms with Crippen molar-refractivity contribution in [1.82, 2.24) is 5.32 Å². The summed E-state index contributed by atoms with van der Waals surface area (Å²) in [5, 5.41) is 13.0. The minimum atomic E-state index is -0.226. The van der Waals surface area contributed by atoms with Crippen LogP contribution < -0.4 is 5.32 Å². The van der Waals surface area contributed by atoms with Crippen LogP contribution in [0.25, 0.3) is 0 Å². The van der Waals surface area contributed by atoms with Crippen LogP contribution in [0, 0.1) is 0 Å². The second-order valence-electron chi connectivity index (χ2n) is 5.39. The molecule has 0 aliphatic rings. The Hall–Kier alpha value is -0.120. The fraction of sp³-hybridized carbons (Fsp3) is 1.00. The van der Waals surface area contributed by atoms with Gasteiger partial charge in [0.1, 0.15) is 12.6 Å². The van der Waals surface area contributed by atoms with E-state index in [0.717, 1.165) is 24.1 Å². The number of unbranched alkanes of at least 4 members (excludes halogenated alkanes) is 3. The standard InChI is InChI=1S/C12H29N2O/c1-5-6-7-8-9-13-10-12(15)11-14(2,3)4/h12-13,15H,5-11H2,1-4H3/q+1. The summed E-state index contributed by atoms with van der Waals surface area (Å²) >= 11 is 0. The summed E-state index contributed by atoms with van der Waals surface area (Å²) in [6, 6.07) is 0. The minimum Gasteiger partial charge on any atom is -0.386 e. The zero-order valence-electron chi connectivity index (χ0n) is 10.9. The number of hydrogen-bond acceptors (Lipinski definition) is 2. The molecule has 0 radical (unpaired) electrons. The predicted octanol–water partition coefficient (Wildman–Crippen LogP) is 1.22. The lowest BCUT2D eigenvalue weighted by molar-refractivity contribution is -0.873. The van der Waals surface area contributed by atoms with E-state index in [2.05, 4.69) is 33.4 Å². The van der Waals surface area contributed by atoms with Crippen molar-refractivity contribution in [2.75, 3.05) is 40.8 Å². The first kappa shape index (κ1) is 14.9. The lowest BCUT2D eigenvalue weighted by Gasteiger charge is -2.26. The highest BCUT2D eigenvalue weighted by Gasteiger charge is 2.14. The lowest BCUT2D eigenvalue weighted by atomic mass is 10.2. The van der Waals surface area contributed by atoms with Crippen molar-refractivity contribution in [1.29, 1.82) is 0 Å². The second-order valence-corrected chi connectivity index (χ2v) is 5.39. The van der Waals surface area contributed by atoms with Gasteiger partial charge in [-0.3, -0.25) is 0 Å². The molecule has 92 valence electrons. The Labute approximate surface area is 95.1 Å². The minimum absolute atomic E-state index is 0.226. The van der Waals surface area contributed by atoms with Crippen molar-refractivity contribution < 1.29 is 9.59 Å². The van der Waals surface area contributed by atoms with Crippen LogP contribution in [0.3, 0.4) is 0 Å². The third-order valence-electron chi connectivity index (χ3n) is 2.35. The third-order valence-corrected chi connectivity index (χ3v) is 2.35. The van der Waals surface area contributed by atoms with Crippen LogP contribution in [0.15, 0.2) is 0 Å². The number of aliphatic hydroxyl groups is 1. The van der Waals surface area contributed by atoms with Gasteiger partial charge in [0.25, 0.3) is 0 Å². The van der Waals surface area contributed by atoms with Gasteiger partial charge in [0, 0.05) is 6.54 Å². The van der Waals surface area contributed by atoms with Crippen LogP contribution >= 0.6 is 0 Å². The molecule has 2 N–H and O–H groups in total. The number of quaternary nitrogens is 1. The average molecular weight is 217 g/mol. The van der Waals surface area contributed by atoms with E-state index in [9.17, 15) is 5.11 Å². The van der Waals surface area contributed by atoms with Crippen molar-refractivity contribution in [3.8, 4) is 0 Å². The average Bonchev–Trinajstić information content (AvgIpc) is 2.08. The molecule has 0 aromatic heterocycles. The van der Waals surface area contributed by atoms with Gasteiger partial charge in [-0.05, 0) is 13.0 Å². The molecule has 0 spiro atoms. The van der Waals surface area contributed by atoms with Gasteiger partial charge >= 0.3 is 0 Å². The molecule has 0 aromatic rings. The monoisotopic (exact) mass is 217 g/mol. The van der Waals surface area contributed by atoms with E-state index in [-0.39, 0.29) is 6.10 Å². The maximum absolute atomic E-state index is 9.71. The normalized spacial score (nSPS) is 14.2. The van der Waals surface area contributed by atoms with E-state index in [0.29, 0.717) is 0 Å². The van der Waals surface area contributed by atoms with Gasteiger partial charge in [0.2, 0.25) is 0 Å². The van der Waals surface area contributed by atoms with E-state index < -0.39 is 0 Å². The highest BCUT2D eigenvalue weighted by atomic mass is 16.3. The molecule has 0 saturated heterocycles. The second kappa shape index (κ2) is 8.08. The Morgan fingerprint density at radius 3 is 2.33 bits per heavy atom. The van der Waals surface area contributed by atoms with Crippen LogP contribution in [-0.2, 0) is 0 Å². The Kier molecular flexibility index (Phi) is 8.02. The molecule has 0 aliphatic carbocycles. The third kappa shape index (κ3) is 11.8. The summed E-state index contributed by atoms with van der Waals surface area (Å²) in [4.78, 5) is 0. The topological polar surface area (TPSA) is 32.3 Å². The highest BCUT2D eigenvalue weighted by molar-refractivity contribution is 4.58. The van der Waals surface area contributed by atoms with Gasteiger partial charge in [-0.25, -0.2) is 0 Å². The number of nitrogens with one attached hydrogen (secondary N) is 1. The smallest absolute Gasteiger partial charge is 0.115 e. The van der Waals surface area contributed by atoms with Crippen LogP contribution in [0.2, 0.25) is 0 Å². The predicted molar refractivity (Wildman–Crippen MR) is 65.9 cm³/mol. The van der Waals surface area contributed by atoms with Crippen molar-refractivity contribution in [2.45, 2.75) is 38.7 Å². The summed E-state index contributed by atoms with van der Waals surface area (Å²) in [6.07, 6.45) is 4.91. The molecule has 0 saturated carbocycles. The lowest BCUT2D eigenvalue weighted by Crippen LogP contribution is -2.45. The van der Waals surface area contributed by atoms with Gasteiger partial charge in [-0.15, -0.1) is 0 Å². The van der Waals surface area contributed by atoms with E-state index in [1.165, 1.54) is 25.7 Å². The molecule has 0 rings (SSSR count). The largest absolute Gasteiger partial charge is 0.386 e. The number of nitrogens with zero attached hydrogens (tertiary/aromatic N) is 1. The fourth-order valence-electron chi connectivity index (χ4n) is 1.64. The molecule has 0 fully saturated rings. The molecule has 15 heavy (non-hydrogen) atoms. The van der Waals surface area contributed by atoms with E-state index in [1.807, 2.05) is 0 Å². The van der Waals surface area contributed by atoms with Crippen LogP contribution in [0.1, 0.15) is 32.6 Å². The van der Waals surface area contributed by atoms with Crippen LogP contribution in [-0.4, -0.2) is 56.5 Å². The SMILES string of the molecule is CCCCCCNCC(O)C[N+](C)(C)C. The molecular formula is C12H29N2O+. The number of rotatable bonds is 9. The van der Waals surface area contributed by atoms with E-state index in [4.69, 9.17) is 0 Å². The molecule has 3 heteroatoms. The Morgan fingerprint density at radius 1 is 1.13 bits per heavy atom. The van der Waals surface area contributed by atoms with Crippen molar-refractivity contribution in [3.63, 3.8) is 0 Å². The Balaban J connectivity index is 3.28. The molecule has 0 aromatic carbocycles. The van der Waals surface area contributed by atoms with Gasteiger partial charge < -0.3 is 14.9 Å². The molecule has 0 heterocycles. The number of hydrogen-bond donors (Lipinski definition) is 2. The van der Waals surface area contributed by atoms with Crippen LogP contribution in [0.5, 0.6) is 0 Å². The summed E-state index contributed by atoms with van der Waals surface area (Å²) < 4.78 is 0.818. The van der Waals surface area contributed by atoms with Gasteiger partial charge in [-0.2, -0.15) is 0 Å². The van der Waals surface area contributed by atoms with Gasteiger partial charge in [0.15, 0.2) is 0 Å². The molecule has 0 aliphatic heterocycles. The molecule has 0 bridgehead atoms. The highest BCUT2D eigenvalue weighted by Crippen LogP contribution is 1.97. The van der Waals surface area contributed by atoms with Crippen molar-refractivity contribution in [2.24, 2.45) is 0 Å². The first-order valence-electron chi connectivity index (χ1n) is 6.15. The van der Waals surface area contributed by atoms with Gasteiger partial charge in [0.05, 0.1) is 21.1 Å². The summed E-state index contributed by atoms with van der Waals surface area (Å²) in [5.74, 6) is 0. The maximum Gasteiger partial charge on any atom is 0.115 e. The van der Waals surface area contributed by atoms with Crippen molar-refractivity contribution in [3.05, 3.63) is 0 Å². The summed E-state index contributed by atoms with van der Waals surface area (Å²) in [5.41, 5.74) is 0. The van der Waals surface area contributed by atoms with E-state index in [1.54, 1.807) is 0 Å². The summed E-state index contributed by atoms with van der Waals surface area (Å²) in [6.45, 7) is 4.79. The fourth-order valence-corrected chi connectivity index (χ4v) is 1.64. The molecule has 3 nitrogen and oxygen atoms in total. The number of likely N-dealkylation sites (N-methyl/N-ethyl adjacent to an activating group) is 1. The molecule has 1 atom stereocenters. The first-order valence-corrected chi connectivity index (χ1v) is 6.15. The summed E-state index contributed by atoms with van der Waals surface area (Å²) in [7, 11) is 6.30. The first-order chi connectivity index (χ1) is 6.95. The quantitative estimate of drug-likeness (QED) is 0.450. The maximum atomic E-state index is 9.71. The van der Waals surface area contributed by atoms with E-state index >= 15 is 0 Å². The molecule has 1 unspecified atom stereocenters. The van der Waals surface area contributed by atoms with Gasteiger partial charge in [-0.1, -0.05) is 26.2 Å². The zero-order valence-corrected chi connectivity index (χ0v) is 10.9. The zero-order chi connectivity index (χ0) is 11.7. The Morgan fingerprint density at radius 2 is 1.80 bits per heavy atom. The molecular weight excluding hydrogens is 188 g/mol. The molecule has 0 amide bonds. The van der Waals surface area contributed by atoms with Crippen molar-refractivity contribution >= 4 is 0 Å².